The van der Waals surface area contributed by atoms with Crippen molar-refractivity contribution in [1.82, 2.24) is 14.9 Å². The highest BCUT2D eigenvalue weighted by molar-refractivity contribution is 7.89. The Bertz CT molecular complexity index is 1130. The number of nitrogens with one attached hydrogen (secondary N) is 2. The Morgan fingerprint density at radius 1 is 0.971 bits per heavy atom. The Morgan fingerprint density at radius 2 is 1.53 bits per heavy atom. The molecular formula is C23H26F3N3O4S. The minimum absolute atomic E-state index is 0.0598. The van der Waals surface area contributed by atoms with Gasteiger partial charge in [0.2, 0.25) is 15.9 Å². The second kappa shape index (κ2) is 10.6. The number of carbonyl (C=O) groups excluding carboxylic acids is 2. The molecule has 1 aliphatic rings. The second-order valence-corrected chi connectivity index (χ2v) is 10.2. The lowest BCUT2D eigenvalue weighted by Gasteiger charge is -2.35. The number of benzene rings is 2. The monoisotopic (exact) mass is 497 g/mol. The Labute approximate surface area is 196 Å². The van der Waals surface area contributed by atoms with Crippen LogP contribution >= 0.6 is 0 Å². The van der Waals surface area contributed by atoms with Crippen molar-refractivity contribution in [3.8, 4) is 0 Å². The van der Waals surface area contributed by atoms with Gasteiger partial charge in [-0.05, 0) is 55.2 Å². The number of sulfonamides is 1. The molecule has 0 bridgehead atoms. The van der Waals surface area contributed by atoms with Gasteiger partial charge in [-0.1, -0.05) is 19.9 Å². The van der Waals surface area contributed by atoms with E-state index in [1.165, 1.54) is 17.0 Å². The van der Waals surface area contributed by atoms with Gasteiger partial charge in [-0.3, -0.25) is 9.59 Å². The molecular weight excluding hydrogens is 471 g/mol. The molecule has 2 aromatic carbocycles. The van der Waals surface area contributed by atoms with Crippen molar-refractivity contribution >= 4 is 21.8 Å². The van der Waals surface area contributed by atoms with Crippen LogP contribution in [0, 0.1) is 23.4 Å². The number of amides is 2. The molecule has 7 nitrogen and oxygen atoms in total. The molecule has 0 spiro atoms. The topological polar surface area (TPSA) is 95.6 Å². The van der Waals surface area contributed by atoms with Crippen molar-refractivity contribution in [3.63, 3.8) is 0 Å². The SMILES string of the molecule is CC(C)[C@H](NC(=O)c1c(F)cccc1F)C(=O)N1CCC(NS(=O)(=O)c2ccc(F)cc2)CC1. The smallest absolute Gasteiger partial charge is 0.257 e. The van der Waals surface area contributed by atoms with Gasteiger partial charge in [0, 0.05) is 19.1 Å². The first-order valence-corrected chi connectivity index (χ1v) is 12.3. The van der Waals surface area contributed by atoms with Crippen LogP contribution < -0.4 is 10.0 Å². The summed E-state index contributed by atoms with van der Waals surface area (Å²) >= 11 is 0. The lowest BCUT2D eigenvalue weighted by molar-refractivity contribution is -0.135. The van der Waals surface area contributed by atoms with Gasteiger partial charge < -0.3 is 10.2 Å². The third-order valence-corrected chi connectivity index (χ3v) is 7.20. The molecule has 11 heteroatoms. The molecule has 1 heterocycles. The maximum Gasteiger partial charge on any atom is 0.257 e. The van der Waals surface area contributed by atoms with E-state index >= 15 is 0 Å². The molecule has 0 radical (unpaired) electrons. The number of likely N-dealkylation sites (tertiary alicyclic amines) is 1. The fourth-order valence-corrected chi connectivity index (χ4v) is 5.06. The molecule has 34 heavy (non-hydrogen) atoms. The summed E-state index contributed by atoms with van der Waals surface area (Å²) in [5.41, 5.74) is -0.755. The predicted octanol–water partition coefficient (Wildman–Crippen LogP) is 2.83. The Balaban J connectivity index is 1.62. The molecule has 2 amide bonds. The molecule has 3 rings (SSSR count). The van der Waals surface area contributed by atoms with Crippen molar-refractivity contribution < 1.29 is 31.2 Å². The van der Waals surface area contributed by atoms with Gasteiger partial charge in [0.15, 0.2) is 0 Å². The lowest BCUT2D eigenvalue weighted by atomic mass is 9.99. The van der Waals surface area contributed by atoms with Gasteiger partial charge in [0.1, 0.15) is 29.1 Å². The number of carbonyl (C=O) groups is 2. The van der Waals surface area contributed by atoms with Gasteiger partial charge >= 0.3 is 0 Å². The van der Waals surface area contributed by atoms with Crippen LogP contribution in [0.15, 0.2) is 47.4 Å². The number of rotatable bonds is 7. The van der Waals surface area contributed by atoms with E-state index in [2.05, 4.69) is 10.0 Å². The molecule has 1 atom stereocenters. The first kappa shape index (κ1) is 25.7. The van der Waals surface area contributed by atoms with E-state index in [0.29, 0.717) is 12.8 Å². The first-order chi connectivity index (χ1) is 16.0. The summed E-state index contributed by atoms with van der Waals surface area (Å²) in [6, 6.07) is 6.07. The summed E-state index contributed by atoms with van der Waals surface area (Å²) in [6.45, 7) is 3.85. The molecule has 0 unspecified atom stereocenters. The molecule has 0 aromatic heterocycles. The highest BCUT2D eigenvalue weighted by atomic mass is 32.2. The number of hydrogen-bond donors (Lipinski definition) is 2. The highest BCUT2D eigenvalue weighted by Crippen LogP contribution is 2.19. The standard InChI is InChI=1S/C23H26F3N3O4S/c1-14(2)21(27-22(30)20-18(25)4-3-5-19(20)26)23(31)29-12-10-16(11-13-29)28-34(32,33)17-8-6-15(24)7-9-17/h3-9,14,16,21,28H,10-13H2,1-2H3,(H,27,30)/t21-/m0/s1. The van der Waals surface area contributed by atoms with Gasteiger partial charge in [-0.2, -0.15) is 0 Å². The maximum atomic E-state index is 14.0. The van der Waals surface area contributed by atoms with Gasteiger partial charge in [-0.15, -0.1) is 0 Å². The van der Waals surface area contributed by atoms with E-state index in [0.717, 1.165) is 30.3 Å². The van der Waals surface area contributed by atoms with Crippen molar-refractivity contribution in [3.05, 3.63) is 65.5 Å². The fourth-order valence-electron chi connectivity index (χ4n) is 3.76. The Morgan fingerprint density at radius 3 is 2.06 bits per heavy atom. The summed E-state index contributed by atoms with van der Waals surface area (Å²) in [4.78, 5) is 27.0. The minimum atomic E-state index is -3.85. The quantitative estimate of drug-likeness (QED) is 0.615. The lowest BCUT2D eigenvalue weighted by Crippen LogP contribution is -2.54. The van der Waals surface area contributed by atoms with E-state index in [1.54, 1.807) is 13.8 Å². The zero-order chi connectivity index (χ0) is 25.0. The van der Waals surface area contributed by atoms with Crippen LogP contribution in [0.4, 0.5) is 13.2 Å². The van der Waals surface area contributed by atoms with Gasteiger partial charge in [0.05, 0.1) is 4.90 Å². The summed E-state index contributed by atoms with van der Waals surface area (Å²) in [6.07, 6.45) is 0.653. The van der Waals surface area contributed by atoms with Gasteiger partial charge in [0.25, 0.3) is 5.91 Å². The van der Waals surface area contributed by atoms with E-state index in [1.807, 2.05) is 0 Å². The summed E-state index contributed by atoms with van der Waals surface area (Å²) in [7, 11) is -3.85. The number of halogens is 3. The second-order valence-electron chi connectivity index (χ2n) is 8.47. The molecule has 1 aliphatic heterocycles. The third kappa shape index (κ3) is 5.95. The van der Waals surface area contributed by atoms with Crippen molar-refractivity contribution in [1.29, 1.82) is 0 Å². The Kier molecular flexibility index (Phi) is 7.98. The summed E-state index contributed by atoms with van der Waals surface area (Å²) in [5, 5.41) is 2.43. The molecule has 1 saturated heterocycles. The zero-order valence-corrected chi connectivity index (χ0v) is 19.5. The summed E-state index contributed by atoms with van der Waals surface area (Å²) in [5.74, 6) is -4.40. The largest absolute Gasteiger partial charge is 0.341 e. The van der Waals surface area contributed by atoms with Crippen LogP contribution in [-0.4, -0.2) is 50.3 Å². The fraction of sp³-hybridized carbons (Fsp3) is 0.391. The third-order valence-electron chi connectivity index (χ3n) is 5.66. The molecule has 0 saturated carbocycles. The summed E-state index contributed by atoms with van der Waals surface area (Å²) < 4.78 is 68.6. The molecule has 1 fully saturated rings. The molecule has 184 valence electrons. The van der Waals surface area contributed by atoms with E-state index in [-0.39, 0.29) is 23.9 Å². The normalized spacial score (nSPS) is 15.9. The minimum Gasteiger partial charge on any atom is -0.341 e. The van der Waals surface area contributed by atoms with E-state index < -0.39 is 56.9 Å². The predicted molar refractivity (Wildman–Crippen MR) is 119 cm³/mol. The van der Waals surface area contributed by atoms with Crippen LogP contribution in [0.3, 0.4) is 0 Å². The van der Waals surface area contributed by atoms with Crippen LogP contribution in [0.1, 0.15) is 37.0 Å². The zero-order valence-electron chi connectivity index (χ0n) is 18.7. The highest BCUT2D eigenvalue weighted by Gasteiger charge is 2.33. The number of nitrogens with zero attached hydrogens (tertiary/aromatic N) is 1. The number of hydrogen-bond acceptors (Lipinski definition) is 4. The molecule has 2 N–H and O–H groups in total. The van der Waals surface area contributed by atoms with E-state index in [9.17, 15) is 31.2 Å². The Hall–Kier alpha value is -2.92. The van der Waals surface area contributed by atoms with Crippen LogP contribution in [0.25, 0.3) is 0 Å². The van der Waals surface area contributed by atoms with Crippen molar-refractivity contribution in [2.45, 2.75) is 43.7 Å². The van der Waals surface area contributed by atoms with Gasteiger partial charge in [-0.25, -0.2) is 26.3 Å². The van der Waals surface area contributed by atoms with Crippen LogP contribution in [0.5, 0.6) is 0 Å². The molecule has 2 aromatic rings. The maximum absolute atomic E-state index is 14.0. The number of piperidine rings is 1. The average molecular weight is 498 g/mol. The van der Waals surface area contributed by atoms with Crippen LogP contribution in [-0.2, 0) is 14.8 Å². The first-order valence-electron chi connectivity index (χ1n) is 10.8. The van der Waals surface area contributed by atoms with E-state index in [4.69, 9.17) is 0 Å². The van der Waals surface area contributed by atoms with Crippen molar-refractivity contribution in [2.75, 3.05) is 13.1 Å². The molecule has 0 aliphatic carbocycles. The van der Waals surface area contributed by atoms with Crippen molar-refractivity contribution in [2.24, 2.45) is 5.92 Å². The average Bonchev–Trinajstić information content (AvgIpc) is 2.77. The van der Waals surface area contributed by atoms with Crippen LogP contribution in [0.2, 0.25) is 0 Å².